The first-order valence-electron chi connectivity index (χ1n) is 13.7. The summed E-state index contributed by atoms with van der Waals surface area (Å²) < 4.78 is 95.5. The van der Waals surface area contributed by atoms with E-state index in [2.05, 4.69) is 17.2 Å². The summed E-state index contributed by atoms with van der Waals surface area (Å²) in [4.78, 5) is 26.3. The smallest absolute Gasteiger partial charge is 0.400 e. The second-order valence-corrected chi connectivity index (χ2v) is 10.9. The molecular formula is C31H30F7N3O4. The van der Waals surface area contributed by atoms with Crippen LogP contribution in [0.15, 0.2) is 36.4 Å². The molecule has 4 rings (SSSR count). The lowest BCUT2D eigenvalue weighted by molar-refractivity contribution is -0.138. The number of benzene rings is 2. The molecule has 1 saturated carbocycles. The lowest BCUT2D eigenvalue weighted by Gasteiger charge is -2.29. The van der Waals surface area contributed by atoms with E-state index in [1.54, 1.807) is 0 Å². The van der Waals surface area contributed by atoms with E-state index < -0.39 is 63.9 Å². The van der Waals surface area contributed by atoms with Gasteiger partial charge in [0.1, 0.15) is 12.1 Å². The maximum atomic E-state index is 14.8. The van der Waals surface area contributed by atoms with Crippen molar-refractivity contribution in [3.63, 3.8) is 0 Å². The van der Waals surface area contributed by atoms with Crippen LogP contribution in [0.5, 0.6) is 0 Å². The number of alkyl halides is 6. The Hall–Kier alpha value is -3.98. The van der Waals surface area contributed by atoms with Crippen LogP contribution in [-0.2, 0) is 27.4 Å². The number of nitriles is 1. The second kappa shape index (κ2) is 14.0. The van der Waals surface area contributed by atoms with Gasteiger partial charge in [0.15, 0.2) is 0 Å². The van der Waals surface area contributed by atoms with Gasteiger partial charge in [-0.2, -0.15) is 31.6 Å². The third-order valence-corrected chi connectivity index (χ3v) is 7.81. The Labute approximate surface area is 254 Å². The molecule has 2 aromatic rings. The molecular weight excluding hydrogens is 611 g/mol. The molecule has 0 bridgehead atoms. The molecule has 1 unspecified atom stereocenters. The molecule has 2 aromatic carbocycles. The summed E-state index contributed by atoms with van der Waals surface area (Å²) in [5, 5.41) is 29.8. The maximum Gasteiger partial charge on any atom is 0.417 e. The van der Waals surface area contributed by atoms with Gasteiger partial charge in [0.05, 0.1) is 29.3 Å². The van der Waals surface area contributed by atoms with E-state index in [4.69, 9.17) is 10.4 Å². The number of amides is 1. The van der Waals surface area contributed by atoms with Crippen molar-refractivity contribution in [1.29, 1.82) is 5.26 Å². The molecule has 1 aliphatic heterocycles. The second-order valence-electron chi connectivity index (χ2n) is 10.9. The Bertz CT molecular complexity index is 1500. The van der Waals surface area contributed by atoms with Gasteiger partial charge >= 0.3 is 12.4 Å². The summed E-state index contributed by atoms with van der Waals surface area (Å²) in [5.74, 6) is 2.79. The van der Waals surface area contributed by atoms with Crippen molar-refractivity contribution >= 4 is 17.9 Å². The summed E-state index contributed by atoms with van der Waals surface area (Å²) in [6.07, 6.45) is -8.09. The first kappa shape index (κ1) is 35.5. The number of piperidine rings is 1. The fourth-order valence-corrected chi connectivity index (χ4v) is 5.20. The molecule has 1 saturated heterocycles. The first-order valence-corrected chi connectivity index (χ1v) is 13.7. The largest absolute Gasteiger partial charge is 0.417 e. The summed E-state index contributed by atoms with van der Waals surface area (Å²) in [7, 11) is 1.00. The van der Waals surface area contributed by atoms with E-state index in [0.717, 1.165) is 25.5 Å². The predicted molar refractivity (Wildman–Crippen MR) is 148 cm³/mol. The Balaban J connectivity index is 0.00000271. The fourth-order valence-electron chi connectivity index (χ4n) is 5.20. The molecule has 242 valence electrons. The number of nitrogens with one attached hydrogen (secondary N) is 1. The number of hydrogen-bond donors (Lipinski definition) is 3. The van der Waals surface area contributed by atoms with Gasteiger partial charge in [-0.1, -0.05) is 11.8 Å². The van der Waals surface area contributed by atoms with Gasteiger partial charge in [-0.25, -0.2) is 4.39 Å². The minimum absolute atomic E-state index is 0.0567. The van der Waals surface area contributed by atoms with E-state index in [1.807, 2.05) is 4.90 Å². The number of aliphatic hydroxyl groups is 2. The normalized spacial score (nSPS) is 17.8. The number of halogens is 7. The number of aldehydes is 1. The number of nitrogens with zero attached hydrogens (tertiary/aromatic N) is 2. The Kier molecular flexibility index (Phi) is 11.0. The molecule has 0 aromatic heterocycles. The highest BCUT2D eigenvalue weighted by Crippen LogP contribution is 2.55. The minimum atomic E-state index is -4.93. The number of carbonyl (C=O) groups is 2. The molecule has 0 radical (unpaired) electrons. The highest BCUT2D eigenvalue weighted by atomic mass is 19.4. The van der Waals surface area contributed by atoms with Gasteiger partial charge in [-0.05, 0) is 80.7 Å². The van der Waals surface area contributed by atoms with E-state index in [0.29, 0.717) is 50.2 Å². The third-order valence-electron chi connectivity index (χ3n) is 7.81. The number of carbonyl (C=O) groups excluding carboxylic acids is 2. The molecule has 1 atom stereocenters. The molecule has 3 N–H and O–H groups in total. The highest BCUT2D eigenvalue weighted by Gasteiger charge is 2.54. The van der Waals surface area contributed by atoms with Crippen molar-refractivity contribution in [2.24, 2.45) is 5.92 Å². The molecule has 2 aliphatic rings. The van der Waals surface area contributed by atoms with Crippen LogP contribution in [0, 0.1) is 34.9 Å². The molecule has 0 spiro atoms. The van der Waals surface area contributed by atoms with Crippen LogP contribution in [0.1, 0.15) is 54.4 Å². The predicted octanol–water partition coefficient (Wildman–Crippen LogP) is 5.05. The average molecular weight is 642 g/mol. The van der Waals surface area contributed by atoms with Crippen LogP contribution in [-0.4, -0.2) is 59.7 Å². The van der Waals surface area contributed by atoms with Crippen molar-refractivity contribution in [2.45, 2.75) is 55.5 Å². The summed E-state index contributed by atoms with van der Waals surface area (Å²) in [6.45, 7) is 1.07. The van der Waals surface area contributed by atoms with E-state index in [1.165, 1.54) is 6.07 Å². The molecule has 14 heteroatoms. The quantitative estimate of drug-likeness (QED) is 0.222. The first-order chi connectivity index (χ1) is 21.1. The van der Waals surface area contributed by atoms with Crippen LogP contribution < -0.4 is 5.32 Å². The van der Waals surface area contributed by atoms with Crippen LogP contribution in [0.2, 0.25) is 0 Å². The molecule has 2 fully saturated rings. The van der Waals surface area contributed by atoms with Crippen molar-refractivity contribution in [3.8, 4) is 17.9 Å². The lowest BCUT2D eigenvalue weighted by atomic mass is 9.82. The van der Waals surface area contributed by atoms with Crippen LogP contribution in [0.3, 0.4) is 0 Å². The SMILES string of the molecule is CO.N#Cc1ccc(NC(=O)C(O)(C#CCN2CCC(C=O)CC2)CC2(c3cc(C(F)(F)F)ccc3F)CC2)cc1C(F)(F)F. The Morgan fingerprint density at radius 1 is 1.07 bits per heavy atom. The third kappa shape index (κ3) is 8.60. The van der Waals surface area contributed by atoms with Crippen LogP contribution in [0.25, 0.3) is 0 Å². The zero-order valence-corrected chi connectivity index (χ0v) is 24.0. The number of likely N-dealkylation sites (tertiary alicyclic amines) is 1. The molecule has 45 heavy (non-hydrogen) atoms. The molecule has 1 aliphatic carbocycles. The zero-order valence-electron chi connectivity index (χ0n) is 24.0. The molecule has 1 heterocycles. The summed E-state index contributed by atoms with van der Waals surface area (Å²) >= 11 is 0. The van der Waals surface area contributed by atoms with Gasteiger partial charge in [0.2, 0.25) is 5.60 Å². The van der Waals surface area contributed by atoms with Crippen LogP contribution in [0.4, 0.5) is 36.4 Å². The van der Waals surface area contributed by atoms with E-state index >= 15 is 0 Å². The van der Waals surface area contributed by atoms with E-state index in [9.17, 15) is 45.4 Å². The summed E-state index contributed by atoms with van der Waals surface area (Å²) in [6, 6.07) is 5.65. The van der Waals surface area contributed by atoms with Gasteiger partial charge in [-0.3, -0.25) is 9.69 Å². The topological polar surface area (TPSA) is 114 Å². The molecule has 7 nitrogen and oxygen atoms in total. The lowest BCUT2D eigenvalue weighted by Crippen LogP contribution is -2.45. The monoisotopic (exact) mass is 641 g/mol. The number of aliphatic hydroxyl groups excluding tert-OH is 1. The van der Waals surface area contributed by atoms with Gasteiger partial charge < -0.3 is 20.3 Å². The fraction of sp³-hybridized carbons (Fsp3) is 0.452. The highest BCUT2D eigenvalue weighted by molar-refractivity contribution is 6.00. The minimum Gasteiger partial charge on any atom is -0.400 e. The van der Waals surface area contributed by atoms with Crippen LogP contribution >= 0.6 is 0 Å². The number of anilines is 1. The number of hydrogen-bond acceptors (Lipinski definition) is 6. The van der Waals surface area contributed by atoms with Gasteiger partial charge in [0.25, 0.3) is 5.91 Å². The van der Waals surface area contributed by atoms with Crippen molar-refractivity contribution in [3.05, 3.63) is 64.5 Å². The van der Waals surface area contributed by atoms with E-state index in [-0.39, 0.29) is 30.9 Å². The zero-order chi connectivity index (χ0) is 33.6. The standard InChI is InChI=1S/C30H26F7N3O3.CH4O/c31-25-5-3-21(29(32,33)34)14-24(25)27(9-10-27)18-28(43,8-1-11-40-12-6-19(17-41)7-13-40)26(42)39-22-4-2-20(16-38)23(15-22)30(35,36)37;1-2/h2-5,14-15,17,19,43H,6-7,9-13,18H2,(H,39,42);2H,1H3. The average Bonchev–Trinajstić information content (AvgIpc) is 3.77. The molecule has 1 amide bonds. The van der Waals surface area contributed by atoms with Crippen molar-refractivity contribution in [1.82, 2.24) is 4.90 Å². The van der Waals surface area contributed by atoms with Crippen molar-refractivity contribution in [2.75, 3.05) is 32.1 Å². The maximum absolute atomic E-state index is 14.8. The van der Waals surface area contributed by atoms with Crippen molar-refractivity contribution < 1.29 is 50.5 Å². The van der Waals surface area contributed by atoms with Gasteiger partial charge in [-0.15, -0.1) is 0 Å². The summed E-state index contributed by atoms with van der Waals surface area (Å²) in [5.41, 5.74) is -7.96. The Morgan fingerprint density at radius 3 is 2.24 bits per heavy atom. The number of rotatable bonds is 7. The van der Waals surface area contributed by atoms with Gasteiger partial charge in [0, 0.05) is 30.6 Å². The Morgan fingerprint density at radius 2 is 1.71 bits per heavy atom.